The van der Waals surface area contributed by atoms with Gasteiger partial charge in [-0.25, -0.2) is 14.4 Å². The molecule has 6 rings (SSSR count). The highest BCUT2D eigenvalue weighted by Gasteiger charge is 2.38. The molecule has 0 aliphatic heterocycles. The Morgan fingerprint density at radius 2 is 1.72 bits per heavy atom. The Bertz CT molecular complexity index is 1600. The number of benzene rings is 2. The SMILES string of the molecule is CC1(O)CC(c2ccc(-c3nc4c(cnc5cc(C(C)(C)C)nn54)cc3-c3ccccc3F)cc2)C1. The summed E-state index contributed by atoms with van der Waals surface area (Å²) >= 11 is 0. The van der Waals surface area contributed by atoms with Crippen molar-refractivity contribution < 1.29 is 9.50 Å². The maximum absolute atomic E-state index is 15.0. The third kappa shape index (κ3) is 3.86. The molecule has 1 aliphatic carbocycles. The van der Waals surface area contributed by atoms with Crippen LogP contribution < -0.4 is 0 Å². The van der Waals surface area contributed by atoms with Crippen molar-refractivity contribution in [1.82, 2.24) is 19.6 Å². The van der Waals surface area contributed by atoms with Gasteiger partial charge in [-0.15, -0.1) is 0 Å². The largest absolute Gasteiger partial charge is 0.390 e. The van der Waals surface area contributed by atoms with Gasteiger partial charge in [0, 0.05) is 39.8 Å². The molecule has 5 nitrogen and oxygen atoms in total. The first-order valence-electron chi connectivity index (χ1n) is 12.4. The average Bonchev–Trinajstić information content (AvgIpc) is 3.28. The van der Waals surface area contributed by atoms with Gasteiger partial charge < -0.3 is 5.11 Å². The smallest absolute Gasteiger partial charge is 0.165 e. The lowest BCUT2D eigenvalue weighted by Gasteiger charge is -2.41. The Hall–Kier alpha value is -3.64. The van der Waals surface area contributed by atoms with Gasteiger partial charge in [0.15, 0.2) is 11.3 Å². The second-order valence-electron chi connectivity index (χ2n) is 11.3. The molecule has 0 saturated heterocycles. The highest BCUT2D eigenvalue weighted by Crippen LogP contribution is 2.45. The Labute approximate surface area is 209 Å². The van der Waals surface area contributed by atoms with Gasteiger partial charge in [0.25, 0.3) is 0 Å². The molecular weight excluding hydrogens is 451 g/mol. The molecule has 1 N–H and O–H groups in total. The summed E-state index contributed by atoms with van der Waals surface area (Å²) in [5.74, 6) is 0.0617. The second kappa shape index (κ2) is 7.93. The molecule has 2 aromatic carbocycles. The summed E-state index contributed by atoms with van der Waals surface area (Å²) in [6.07, 6.45) is 3.31. The van der Waals surface area contributed by atoms with Crippen LogP contribution in [0, 0.1) is 5.82 Å². The van der Waals surface area contributed by atoms with Crippen LogP contribution in [0.5, 0.6) is 0 Å². The van der Waals surface area contributed by atoms with Crippen LogP contribution in [-0.2, 0) is 5.41 Å². The first-order valence-corrected chi connectivity index (χ1v) is 12.4. The molecule has 6 heteroatoms. The van der Waals surface area contributed by atoms with Gasteiger partial charge in [0.1, 0.15) is 5.82 Å². The predicted octanol–water partition coefficient (Wildman–Crippen LogP) is 6.68. The molecule has 0 spiro atoms. The molecule has 1 saturated carbocycles. The van der Waals surface area contributed by atoms with Crippen molar-refractivity contribution >= 4 is 16.7 Å². The number of aromatic nitrogens is 4. The Morgan fingerprint density at radius 1 is 1.00 bits per heavy atom. The van der Waals surface area contributed by atoms with Crippen molar-refractivity contribution in [2.24, 2.45) is 0 Å². The van der Waals surface area contributed by atoms with Crippen LogP contribution in [0.25, 0.3) is 39.1 Å². The molecule has 0 bridgehead atoms. The number of pyridine rings is 1. The normalized spacial score (nSPS) is 20.1. The zero-order valence-corrected chi connectivity index (χ0v) is 21.0. The van der Waals surface area contributed by atoms with E-state index in [0.717, 1.165) is 35.1 Å². The minimum atomic E-state index is -0.573. The predicted molar refractivity (Wildman–Crippen MR) is 140 cm³/mol. The van der Waals surface area contributed by atoms with E-state index >= 15 is 0 Å². The second-order valence-corrected chi connectivity index (χ2v) is 11.3. The van der Waals surface area contributed by atoms with Crippen LogP contribution in [0.1, 0.15) is 57.7 Å². The van der Waals surface area contributed by atoms with E-state index in [4.69, 9.17) is 10.1 Å². The van der Waals surface area contributed by atoms with Crippen molar-refractivity contribution in [1.29, 1.82) is 0 Å². The van der Waals surface area contributed by atoms with E-state index in [1.807, 2.05) is 37.3 Å². The summed E-state index contributed by atoms with van der Waals surface area (Å²) in [6, 6.07) is 19.0. The van der Waals surface area contributed by atoms with Crippen molar-refractivity contribution in [3.8, 4) is 22.4 Å². The third-order valence-corrected chi connectivity index (χ3v) is 7.22. The summed E-state index contributed by atoms with van der Waals surface area (Å²) in [4.78, 5) is 9.68. The van der Waals surface area contributed by atoms with Gasteiger partial charge in [-0.2, -0.15) is 9.61 Å². The molecule has 0 amide bonds. The van der Waals surface area contributed by atoms with E-state index in [-0.39, 0.29) is 11.2 Å². The standard InChI is InChI=1S/C30H29FN4O/c1-29(2,3)25-14-26-32-17-20-13-23(22-7-5-6-8-24(22)31)27(33-28(20)35(26)34-25)19-11-9-18(10-12-19)21-15-30(4,36)16-21/h5-14,17,21,36H,15-16H2,1-4H3. The Balaban J connectivity index is 1.55. The number of rotatable bonds is 3. The third-order valence-electron chi connectivity index (χ3n) is 7.22. The van der Waals surface area contributed by atoms with Crippen LogP contribution in [-0.4, -0.2) is 30.3 Å². The highest BCUT2D eigenvalue weighted by atomic mass is 19.1. The summed E-state index contributed by atoms with van der Waals surface area (Å²) in [5, 5.41) is 15.8. The van der Waals surface area contributed by atoms with Gasteiger partial charge in [0.05, 0.1) is 17.0 Å². The first-order chi connectivity index (χ1) is 17.1. The van der Waals surface area contributed by atoms with Crippen LogP contribution in [0.3, 0.4) is 0 Å². The maximum atomic E-state index is 15.0. The molecule has 3 heterocycles. The van der Waals surface area contributed by atoms with Gasteiger partial charge in [0.2, 0.25) is 0 Å². The van der Waals surface area contributed by atoms with Crippen LogP contribution in [0.2, 0.25) is 0 Å². The number of fused-ring (bicyclic) bond motifs is 3. The quantitative estimate of drug-likeness (QED) is 0.313. The summed E-state index contributed by atoms with van der Waals surface area (Å²) < 4.78 is 16.8. The number of nitrogens with zero attached hydrogens (tertiary/aromatic N) is 4. The number of aliphatic hydroxyl groups is 1. The maximum Gasteiger partial charge on any atom is 0.165 e. The van der Waals surface area contributed by atoms with Gasteiger partial charge in [-0.1, -0.05) is 63.2 Å². The molecule has 1 fully saturated rings. The van der Waals surface area contributed by atoms with E-state index < -0.39 is 5.60 Å². The van der Waals surface area contributed by atoms with Crippen LogP contribution >= 0.6 is 0 Å². The van der Waals surface area contributed by atoms with Crippen LogP contribution in [0.15, 0.2) is 66.9 Å². The fourth-order valence-electron chi connectivity index (χ4n) is 5.16. The molecule has 1 aliphatic rings. The lowest BCUT2D eigenvalue weighted by Crippen LogP contribution is -2.39. The molecule has 3 aromatic heterocycles. The zero-order chi connectivity index (χ0) is 25.2. The van der Waals surface area contributed by atoms with E-state index in [1.165, 1.54) is 11.6 Å². The average molecular weight is 481 g/mol. The number of hydrogen-bond donors (Lipinski definition) is 1. The summed E-state index contributed by atoms with van der Waals surface area (Å²) in [6.45, 7) is 8.24. The van der Waals surface area contributed by atoms with Crippen LogP contribution in [0.4, 0.5) is 4.39 Å². The van der Waals surface area contributed by atoms with Gasteiger partial charge >= 0.3 is 0 Å². The fraction of sp³-hybridized carbons (Fsp3) is 0.300. The summed E-state index contributed by atoms with van der Waals surface area (Å²) in [5.41, 5.74) is 5.66. The Kier molecular flexibility index (Phi) is 5.02. The number of hydrogen-bond acceptors (Lipinski definition) is 4. The number of halogens is 1. The van der Waals surface area contributed by atoms with Crippen molar-refractivity contribution in [3.63, 3.8) is 0 Å². The molecule has 0 radical (unpaired) electrons. The van der Waals surface area contributed by atoms with Crippen molar-refractivity contribution in [2.75, 3.05) is 0 Å². The topological polar surface area (TPSA) is 63.3 Å². The highest BCUT2D eigenvalue weighted by molar-refractivity contribution is 5.90. The molecule has 5 aromatic rings. The minimum Gasteiger partial charge on any atom is -0.390 e. The Morgan fingerprint density at radius 3 is 2.39 bits per heavy atom. The monoisotopic (exact) mass is 480 g/mol. The fourth-order valence-corrected chi connectivity index (χ4v) is 5.16. The van der Waals surface area contributed by atoms with Gasteiger partial charge in [-0.05, 0) is 43.4 Å². The van der Waals surface area contributed by atoms with E-state index in [0.29, 0.717) is 28.4 Å². The summed E-state index contributed by atoms with van der Waals surface area (Å²) in [7, 11) is 0. The van der Waals surface area contributed by atoms with E-state index in [1.54, 1.807) is 22.8 Å². The van der Waals surface area contributed by atoms with Crippen molar-refractivity contribution in [2.45, 2.75) is 57.5 Å². The molecule has 36 heavy (non-hydrogen) atoms. The molecule has 182 valence electrons. The van der Waals surface area contributed by atoms with E-state index in [9.17, 15) is 9.50 Å². The molecular formula is C30H29FN4O. The first kappa shape index (κ1) is 22.8. The minimum absolute atomic E-state index is 0.127. The van der Waals surface area contributed by atoms with Gasteiger partial charge in [-0.3, -0.25) is 0 Å². The lowest BCUT2D eigenvalue weighted by molar-refractivity contribution is -0.0313. The molecule has 0 unspecified atom stereocenters. The zero-order valence-electron chi connectivity index (χ0n) is 21.0. The lowest BCUT2D eigenvalue weighted by atomic mass is 9.69. The molecule has 0 atom stereocenters. The van der Waals surface area contributed by atoms with E-state index in [2.05, 4.69) is 37.9 Å². The van der Waals surface area contributed by atoms with Crippen molar-refractivity contribution in [3.05, 3.63) is 83.9 Å².